The normalized spacial score (nSPS) is 14.4. The number of hydrogen-bond donors (Lipinski definition) is 7. The summed E-state index contributed by atoms with van der Waals surface area (Å²) in [5, 5.41) is 20.0. The number of carboxylic acids is 1. The molecule has 26 nitrogen and oxygen atoms in total. The molecule has 0 spiro atoms. The van der Waals surface area contributed by atoms with Gasteiger partial charge < -0.3 is 65.7 Å². The minimum Gasteiger partial charge on any atom is -0.543 e. The molecule has 0 unspecified atom stereocenters. The predicted octanol–water partition coefficient (Wildman–Crippen LogP) is 9.71. The highest BCUT2D eigenvalue weighted by atomic mass is 28.4. The van der Waals surface area contributed by atoms with Crippen LogP contribution in [0.2, 0.25) is 16.6 Å². The summed E-state index contributed by atoms with van der Waals surface area (Å²) in [6.45, 7) is 21.9. The zero-order valence-electron chi connectivity index (χ0n) is 59.4. The number of carbonyl (C=O) groups is 11. The van der Waals surface area contributed by atoms with Crippen molar-refractivity contribution in [1.29, 1.82) is 0 Å². The fraction of sp³-hybridized carbons (Fsp3) is 0.444. The van der Waals surface area contributed by atoms with Gasteiger partial charge in [0, 0.05) is 31.3 Å². The number of nitrogens with zero attached hydrogens (tertiary/aromatic N) is 3. The van der Waals surface area contributed by atoms with Crippen LogP contribution in [0.4, 0.5) is 27.6 Å². The number of ketones is 1. The number of carbonyl (C=O) groups excluding carboxylic acids is 10. The zero-order valence-corrected chi connectivity index (χ0v) is 60.4. The fourth-order valence-electron chi connectivity index (χ4n) is 11.0. The average molecular weight is 1440 g/mol. The Kier molecular flexibility index (Phi) is 32.6. The van der Waals surface area contributed by atoms with Gasteiger partial charge in [-0.1, -0.05) is 145 Å². The molecule has 8 amide bonds. The van der Waals surface area contributed by atoms with Gasteiger partial charge in [-0.05, 0) is 130 Å². The molecule has 8 N–H and O–H groups in total. The second-order valence-corrected chi connectivity index (χ2v) is 32.0. The Bertz CT molecular complexity index is 3560. The SMILES string of the molecule is CC(C)[Si](Oc1ccc(/C=C(/C=C/C(=O)OC(C)(C)C)NC(=O)[C@@H](Cc2ccccc2)NC(=O)C(=O)[C@H](CCCN(C(=O)OCc2ccccc2)/C(N)=N/C(=O)OCc2ccccc2)NC(=O)[C@@H]2CCCN2C(=O)[C@H](CNC(=O)OC(C)(C)C)NC=O)cc1)(C(C)C)C(C)C.O=C(O)C(F)(F)F. The molecule has 1 aliphatic rings. The van der Waals surface area contributed by atoms with Gasteiger partial charge in [0.25, 0.3) is 14.2 Å². The Morgan fingerprint density at radius 3 is 1.75 bits per heavy atom. The van der Waals surface area contributed by atoms with Crippen molar-refractivity contribution in [1.82, 2.24) is 36.4 Å². The van der Waals surface area contributed by atoms with Crippen LogP contribution in [0.3, 0.4) is 0 Å². The topological polar surface area (TPSA) is 359 Å². The van der Waals surface area contributed by atoms with Crippen LogP contribution in [0.15, 0.2) is 138 Å². The van der Waals surface area contributed by atoms with Crippen molar-refractivity contribution in [3.8, 4) is 5.75 Å². The maximum absolute atomic E-state index is 14.9. The standard InChI is InChI=1S/C70H93N9O15Si.C2HF3O2/c1-46(2)95(47(3)4,48(5)6)94-54-35-32-50(33-36-54)40-53(34-37-59(81)92-69(7,8)9)74-61(83)56(41-49-24-16-13-17-25-49)76-63(85)60(82)55(75-62(84)58-31-23-38-78(58)64(86)57(73-45-80)42-72-66(87)93-70(10,11)12)30-22-39-79(68(89)91-44-52-28-20-15-21-29-52)65(71)77-67(88)90-43-51-26-18-14-19-27-51;3-2(4,5)1(6)7/h13-21,24-29,32-37,40,45-48,55-58H,22-23,30-31,38-39,41-44H2,1-12H3,(H,72,87)(H,73,80)(H,74,83)(H,75,84)(H,76,85)(H2,71,77,88);(H,6,7)/b37-34+,53-40-;/t55-,56+,57-,58-;/m0./s1. The summed E-state index contributed by atoms with van der Waals surface area (Å²) in [6.07, 6.45) is -4.28. The van der Waals surface area contributed by atoms with Crippen molar-refractivity contribution in [2.45, 2.75) is 187 Å². The van der Waals surface area contributed by atoms with Crippen LogP contribution in [0.1, 0.15) is 131 Å². The number of Topliss-reactive ketones (excluding diaryl/α,β-unsaturated/α-hetero) is 1. The molecule has 1 heterocycles. The molecule has 4 atom stereocenters. The Labute approximate surface area is 592 Å². The smallest absolute Gasteiger partial charge is 0.490 e. The summed E-state index contributed by atoms with van der Waals surface area (Å²) in [7, 11) is -2.34. The van der Waals surface area contributed by atoms with Gasteiger partial charge in [0.05, 0.1) is 12.6 Å². The van der Waals surface area contributed by atoms with E-state index >= 15 is 0 Å². The van der Waals surface area contributed by atoms with Crippen LogP contribution in [-0.4, -0.2) is 156 Å². The lowest BCUT2D eigenvalue weighted by atomic mass is 10.0. The van der Waals surface area contributed by atoms with Crippen LogP contribution in [-0.2, 0) is 76.9 Å². The highest BCUT2D eigenvalue weighted by molar-refractivity contribution is 6.78. The minimum atomic E-state index is -5.08. The molecule has 5 rings (SSSR count). The van der Waals surface area contributed by atoms with Crippen LogP contribution < -0.4 is 36.7 Å². The van der Waals surface area contributed by atoms with Crippen molar-refractivity contribution in [3.63, 3.8) is 0 Å². The van der Waals surface area contributed by atoms with E-state index < -0.39 is 135 Å². The number of aliphatic carboxylic acids is 1. The Morgan fingerprint density at radius 1 is 0.706 bits per heavy atom. The van der Waals surface area contributed by atoms with E-state index in [4.69, 9.17) is 39.0 Å². The van der Waals surface area contributed by atoms with Gasteiger partial charge in [0.2, 0.25) is 35.9 Å². The highest BCUT2D eigenvalue weighted by Gasteiger charge is 2.47. The summed E-state index contributed by atoms with van der Waals surface area (Å²) < 4.78 is 60.4. The molecule has 102 heavy (non-hydrogen) atoms. The number of esters is 1. The number of likely N-dealkylation sites (tertiary alicyclic amines) is 1. The van der Waals surface area contributed by atoms with Crippen LogP contribution in [0, 0.1) is 0 Å². The van der Waals surface area contributed by atoms with Crippen LogP contribution >= 0.6 is 0 Å². The number of hydrogen-bond acceptors (Lipinski definition) is 16. The number of halogens is 3. The van der Waals surface area contributed by atoms with E-state index in [1.54, 1.807) is 151 Å². The zero-order chi connectivity index (χ0) is 76.1. The van der Waals surface area contributed by atoms with Gasteiger partial charge in [0.15, 0.2) is 0 Å². The van der Waals surface area contributed by atoms with Crippen LogP contribution in [0.5, 0.6) is 5.75 Å². The molecule has 4 aromatic carbocycles. The number of guanidine groups is 1. The van der Waals surface area contributed by atoms with E-state index in [9.17, 15) is 61.1 Å². The number of aliphatic imine (C=N–C) groups is 1. The van der Waals surface area contributed by atoms with E-state index in [2.05, 4.69) is 73.1 Å². The van der Waals surface area contributed by atoms with Gasteiger partial charge in [-0.2, -0.15) is 13.2 Å². The van der Waals surface area contributed by atoms with Crippen molar-refractivity contribution in [2.24, 2.45) is 10.7 Å². The first kappa shape index (κ1) is 84.0. The first-order chi connectivity index (χ1) is 47.8. The molecule has 1 fully saturated rings. The summed E-state index contributed by atoms with van der Waals surface area (Å²) >= 11 is 0. The number of benzene rings is 4. The van der Waals surface area contributed by atoms with E-state index in [0.717, 1.165) is 11.0 Å². The number of nitrogens with one attached hydrogen (secondary N) is 5. The van der Waals surface area contributed by atoms with Gasteiger partial charge in [-0.15, -0.1) is 4.99 Å². The predicted molar refractivity (Wildman–Crippen MR) is 375 cm³/mol. The van der Waals surface area contributed by atoms with Crippen molar-refractivity contribution in [2.75, 3.05) is 19.6 Å². The van der Waals surface area contributed by atoms with Gasteiger partial charge in [-0.25, -0.2) is 28.9 Å². The van der Waals surface area contributed by atoms with Gasteiger partial charge in [0.1, 0.15) is 48.3 Å². The number of ether oxygens (including phenoxy) is 4. The summed E-state index contributed by atoms with van der Waals surface area (Å²) in [4.78, 5) is 153. The first-order valence-corrected chi connectivity index (χ1v) is 35.2. The molecule has 0 radical (unpaired) electrons. The number of alkyl carbamates (subject to hydrolysis) is 1. The lowest BCUT2D eigenvalue weighted by Gasteiger charge is -2.42. The summed E-state index contributed by atoms with van der Waals surface area (Å²) in [5.74, 6) is -8.50. The van der Waals surface area contributed by atoms with Gasteiger partial charge >= 0.3 is 36.4 Å². The summed E-state index contributed by atoms with van der Waals surface area (Å²) in [6, 6.07) is 27.4. The number of nitrogens with two attached hydrogens (primary N) is 1. The third-order valence-corrected chi connectivity index (χ3v) is 21.5. The van der Waals surface area contributed by atoms with Crippen LogP contribution in [0.25, 0.3) is 6.08 Å². The maximum Gasteiger partial charge on any atom is 0.490 e. The monoisotopic (exact) mass is 1440 g/mol. The number of amides is 8. The Morgan fingerprint density at radius 2 is 1.24 bits per heavy atom. The molecule has 30 heteroatoms. The molecule has 554 valence electrons. The third kappa shape index (κ3) is 28.3. The highest BCUT2D eigenvalue weighted by Crippen LogP contribution is 2.43. The first-order valence-electron chi connectivity index (χ1n) is 33.1. The minimum absolute atomic E-state index is 0.0161. The second-order valence-electron chi connectivity index (χ2n) is 26.6. The number of alkyl halides is 3. The molecule has 0 aromatic heterocycles. The van der Waals surface area contributed by atoms with E-state index in [1.165, 1.54) is 11.0 Å². The molecule has 4 aromatic rings. The maximum atomic E-state index is 14.9. The van der Waals surface area contributed by atoms with E-state index in [1.807, 2.05) is 12.1 Å². The molecular weight excluding hydrogens is 1350 g/mol. The Hall–Kier alpha value is -10.4. The molecule has 0 bridgehead atoms. The average Bonchev–Trinajstić information content (AvgIpc) is 0.948. The largest absolute Gasteiger partial charge is 0.543 e. The quantitative estimate of drug-likeness (QED) is 0.00294. The molecule has 1 aliphatic heterocycles. The van der Waals surface area contributed by atoms with Crippen molar-refractivity contribution >= 4 is 86.4 Å². The molecule has 0 saturated carbocycles. The van der Waals surface area contributed by atoms with Crippen molar-refractivity contribution < 1.29 is 94.4 Å². The molecule has 1 saturated heterocycles. The Balaban J connectivity index is 0.00000298. The molecular formula is C72H94F3N9O17Si. The van der Waals surface area contributed by atoms with E-state index in [0.29, 0.717) is 51.0 Å². The van der Waals surface area contributed by atoms with Crippen molar-refractivity contribution in [3.05, 3.63) is 155 Å². The number of rotatable bonds is 30. The fourth-order valence-corrected chi connectivity index (χ4v) is 16.2. The second kappa shape index (κ2) is 39.6. The summed E-state index contributed by atoms with van der Waals surface area (Å²) in [5.41, 5.74) is 8.00. The van der Waals surface area contributed by atoms with Gasteiger partial charge in [-0.3, -0.25) is 28.8 Å². The lowest BCUT2D eigenvalue weighted by molar-refractivity contribution is -0.192. The third-order valence-electron chi connectivity index (χ3n) is 15.5. The van der Waals surface area contributed by atoms with E-state index in [-0.39, 0.29) is 51.1 Å². The number of carboxylic acid groups (broad SMARTS) is 1. The lowest BCUT2D eigenvalue weighted by Crippen LogP contribution is -2.58. The molecule has 0 aliphatic carbocycles. The number of allylic oxidation sites excluding steroid dienone is 1.